The second-order valence-electron chi connectivity index (χ2n) is 6.62. The summed E-state index contributed by atoms with van der Waals surface area (Å²) in [5.74, 6) is 0. The molecular formula is C24H14S2. The van der Waals surface area contributed by atoms with Crippen LogP contribution in [0.4, 0.5) is 0 Å². The molecule has 0 bridgehead atoms. The zero-order valence-corrected chi connectivity index (χ0v) is 15.5. The van der Waals surface area contributed by atoms with Crippen LogP contribution >= 0.6 is 23.5 Å². The monoisotopic (exact) mass is 366 g/mol. The summed E-state index contributed by atoms with van der Waals surface area (Å²) < 4.78 is 0. The highest BCUT2D eigenvalue weighted by Crippen LogP contribution is 2.35. The molecular weight excluding hydrogens is 352 g/mol. The third kappa shape index (κ3) is 2.13. The van der Waals surface area contributed by atoms with Crippen LogP contribution in [0.5, 0.6) is 0 Å². The van der Waals surface area contributed by atoms with Crippen molar-refractivity contribution in [3.63, 3.8) is 0 Å². The van der Waals surface area contributed by atoms with Gasteiger partial charge in [0.2, 0.25) is 0 Å². The largest absolute Gasteiger partial charge is 0.0888 e. The second-order valence-corrected chi connectivity index (χ2v) is 8.79. The van der Waals surface area contributed by atoms with E-state index in [0.29, 0.717) is 0 Å². The Morgan fingerprint density at radius 3 is 1.38 bits per heavy atom. The average Bonchev–Trinajstić information content (AvgIpc) is 2.70. The number of benzene rings is 4. The van der Waals surface area contributed by atoms with Crippen LogP contribution in [-0.4, -0.2) is 0 Å². The Kier molecular flexibility index (Phi) is 3.13. The van der Waals surface area contributed by atoms with Crippen molar-refractivity contribution in [2.75, 3.05) is 0 Å². The van der Waals surface area contributed by atoms with E-state index in [1.165, 1.54) is 51.9 Å². The maximum absolute atomic E-state index is 2.35. The molecule has 0 spiro atoms. The molecule has 2 heteroatoms. The van der Waals surface area contributed by atoms with Crippen LogP contribution in [0.1, 0.15) is 11.1 Å². The summed E-state index contributed by atoms with van der Waals surface area (Å²) in [5.41, 5.74) is 2.64. The Morgan fingerprint density at radius 1 is 0.423 bits per heavy atom. The highest BCUT2D eigenvalue weighted by molar-refractivity contribution is 7.99. The van der Waals surface area contributed by atoms with Gasteiger partial charge in [0.1, 0.15) is 0 Å². The van der Waals surface area contributed by atoms with E-state index in [-0.39, 0.29) is 0 Å². The molecule has 0 unspecified atom stereocenters. The van der Waals surface area contributed by atoms with Gasteiger partial charge in [-0.15, -0.1) is 0 Å². The fourth-order valence-corrected chi connectivity index (χ4v) is 5.91. The van der Waals surface area contributed by atoms with Gasteiger partial charge in [0, 0.05) is 19.6 Å². The first-order chi connectivity index (χ1) is 12.9. The average molecular weight is 367 g/mol. The van der Waals surface area contributed by atoms with Crippen molar-refractivity contribution < 1.29 is 0 Å². The first-order valence-corrected chi connectivity index (χ1v) is 10.3. The summed E-state index contributed by atoms with van der Waals surface area (Å²) in [6, 6.07) is 26.5. The molecule has 0 saturated carbocycles. The summed E-state index contributed by atoms with van der Waals surface area (Å²) in [6.45, 7) is 0. The molecule has 0 aromatic heterocycles. The number of hydrogen-bond acceptors (Lipinski definition) is 2. The predicted molar refractivity (Wildman–Crippen MR) is 111 cm³/mol. The SMILES string of the molecule is C1=c2c(ccc3c4c(ccc23)Sc2ccccc2C=4)Sc2ccccc21. The highest BCUT2D eigenvalue weighted by Gasteiger charge is 2.15. The molecule has 2 aliphatic rings. The number of hydrogen-bond donors (Lipinski definition) is 0. The van der Waals surface area contributed by atoms with Crippen LogP contribution in [0, 0.1) is 0 Å². The van der Waals surface area contributed by atoms with Gasteiger partial charge in [-0.25, -0.2) is 0 Å². The molecule has 2 aliphatic heterocycles. The second kappa shape index (κ2) is 5.54. The molecule has 0 atom stereocenters. The molecule has 4 aromatic rings. The van der Waals surface area contributed by atoms with E-state index in [0.717, 1.165) is 0 Å². The minimum Gasteiger partial charge on any atom is -0.0888 e. The van der Waals surface area contributed by atoms with Gasteiger partial charge in [0.25, 0.3) is 0 Å². The Hall–Kier alpha value is -2.42. The van der Waals surface area contributed by atoms with Crippen LogP contribution in [0.25, 0.3) is 22.9 Å². The molecule has 0 amide bonds. The number of fused-ring (bicyclic) bond motifs is 7. The minimum absolute atomic E-state index is 1.32. The normalized spacial score (nSPS) is 13.7. The summed E-state index contributed by atoms with van der Waals surface area (Å²) >= 11 is 3.75. The van der Waals surface area contributed by atoms with Crippen molar-refractivity contribution in [3.8, 4) is 0 Å². The van der Waals surface area contributed by atoms with Gasteiger partial charge in [-0.05, 0) is 68.8 Å². The first-order valence-electron chi connectivity index (χ1n) is 8.70. The van der Waals surface area contributed by atoms with Crippen LogP contribution in [0.3, 0.4) is 0 Å². The zero-order valence-electron chi connectivity index (χ0n) is 13.9. The van der Waals surface area contributed by atoms with Gasteiger partial charge < -0.3 is 0 Å². The fourth-order valence-electron chi connectivity index (χ4n) is 3.82. The molecule has 26 heavy (non-hydrogen) atoms. The van der Waals surface area contributed by atoms with Gasteiger partial charge in [-0.3, -0.25) is 0 Å². The Balaban J connectivity index is 1.71. The van der Waals surface area contributed by atoms with Crippen molar-refractivity contribution in [1.82, 2.24) is 0 Å². The van der Waals surface area contributed by atoms with Crippen LogP contribution < -0.4 is 10.4 Å². The van der Waals surface area contributed by atoms with Gasteiger partial charge in [-0.2, -0.15) is 0 Å². The molecule has 0 radical (unpaired) electrons. The summed E-state index contributed by atoms with van der Waals surface area (Å²) in [4.78, 5) is 5.38. The smallest absolute Gasteiger partial charge is 0.0201 e. The van der Waals surface area contributed by atoms with E-state index in [1.54, 1.807) is 0 Å². The van der Waals surface area contributed by atoms with Crippen LogP contribution in [0.15, 0.2) is 92.4 Å². The summed E-state index contributed by atoms with van der Waals surface area (Å²) in [7, 11) is 0. The maximum Gasteiger partial charge on any atom is 0.0201 e. The lowest BCUT2D eigenvalue weighted by molar-refractivity contribution is 1.30. The molecule has 0 nitrogen and oxygen atoms in total. The summed E-state index contributed by atoms with van der Waals surface area (Å²) in [6.07, 6.45) is 4.69. The highest BCUT2D eigenvalue weighted by atomic mass is 32.2. The van der Waals surface area contributed by atoms with Gasteiger partial charge in [-0.1, -0.05) is 72.1 Å². The minimum atomic E-state index is 1.32. The van der Waals surface area contributed by atoms with E-state index in [9.17, 15) is 0 Å². The van der Waals surface area contributed by atoms with Crippen molar-refractivity contribution in [3.05, 3.63) is 94.4 Å². The van der Waals surface area contributed by atoms with Gasteiger partial charge in [0.15, 0.2) is 0 Å². The molecule has 0 fully saturated rings. The molecule has 0 saturated heterocycles. The Labute approximate surface area is 160 Å². The quantitative estimate of drug-likeness (QED) is 0.352. The van der Waals surface area contributed by atoms with Gasteiger partial charge in [0.05, 0.1) is 0 Å². The Bertz CT molecular complexity index is 1230. The Morgan fingerprint density at radius 2 is 0.885 bits per heavy atom. The molecule has 4 aromatic carbocycles. The van der Waals surface area contributed by atoms with E-state index >= 15 is 0 Å². The lowest BCUT2D eigenvalue weighted by Gasteiger charge is -2.17. The van der Waals surface area contributed by atoms with E-state index < -0.39 is 0 Å². The molecule has 122 valence electrons. The topological polar surface area (TPSA) is 0 Å². The van der Waals surface area contributed by atoms with Crippen molar-refractivity contribution in [2.45, 2.75) is 19.6 Å². The van der Waals surface area contributed by atoms with Crippen LogP contribution in [-0.2, 0) is 0 Å². The first kappa shape index (κ1) is 14.7. The molecule has 2 heterocycles. The third-order valence-electron chi connectivity index (χ3n) is 5.08. The zero-order chi connectivity index (χ0) is 17.1. The van der Waals surface area contributed by atoms with E-state index in [1.807, 2.05) is 23.5 Å². The predicted octanol–water partition coefficient (Wildman–Crippen LogP) is 5.43. The summed E-state index contributed by atoms with van der Waals surface area (Å²) in [5, 5.41) is 5.40. The fraction of sp³-hybridized carbons (Fsp3) is 0. The molecule has 0 N–H and O–H groups in total. The van der Waals surface area contributed by atoms with Crippen molar-refractivity contribution in [1.29, 1.82) is 0 Å². The van der Waals surface area contributed by atoms with Crippen molar-refractivity contribution >= 4 is 46.4 Å². The van der Waals surface area contributed by atoms with Gasteiger partial charge >= 0.3 is 0 Å². The lowest BCUT2D eigenvalue weighted by Crippen LogP contribution is -2.16. The molecule has 0 aliphatic carbocycles. The van der Waals surface area contributed by atoms with E-state index in [4.69, 9.17) is 0 Å². The maximum atomic E-state index is 2.35. The van der Waals surface area contributed by atoms with Crippen molar-refractivity contribution in [2.24, 2.45) is 0 Å². The van der Waals surface area contributed by atoms with Crippen LogP contribution in [0.2, 0.25) is 0 Å². The standard InChI is InChI=1S/C24H14S2/c1-3-7-21-15(5-1)13-19-17-9-12-24-20(18(17)10-11-23(19)25-21)14-16-6-2-4-8-22(16)26-24/h1-14H. The lowest BCUT2D eigenvalue weighted by atomic mass is 10.0. The number of rotatable bonds is 0. The third-order valence-corrected chi connectivity index (χ3v) is 7.42. The molecule has 6 rings (SSSR count). The van der Waals surface area contributed by atoms with E-state index in [2.05, 4.69) is 84.9 Å².